The summed E-state index contributed by atoms with van der Waals surface area (Å²) < 4.78 is 8.32. The van der Waals surface area contributed by atoms with Crippen molar-refractivity contribution in [2.75, 3.05) is 0 Å². The van der Waals surface area contributed by atoms with Crippen molar-refractivity contribution >= 4 is 0 Å². The van der Waals surface area contributed by atoms with Crippen LogP contribution in [-0.2, 0) is 0 Å². The molecule has 86 valence electrons. The van der Waals surface area contributed by atoms with Gasteiger partial charge < -0.3 is 4.74 Å². The van der Waals surface area contributed by atoms with Crippen LogP contribution >= 0.6 is 0 Å². The number of hydrogen-bond donors (Lipinski definition) is 0. The molecule has 2 heteroatoms. The van der Waals surface area contributed by atoms with Gasteiger partial charge in [-0.3, -0.25) is 0 Å². The van der Waals surface area contributed by atoms with E-state index in [1.54, 1.807) is 0 Å². The van der Waals surface area contributed by atoms with Gasteiger partial charge in [0.05, 0.1) is 5.56 Å². The fourth-order valence-corrected chi connectivity index (χ4v) is 2.35. The molecule has 0 spiro atoms. The molecule has 1 aromatic carbocycles. The SMILES string of the molecule is CC1Oc2ccccc2-c2cccc[n+]2C1C. The Morgan fingerprint density at radius 1 is 1.00 bits per heavy atom. The van der Waals surface area contributed by atoms with Crippen LogP contribution in [0, 0.1) is 0 Å². The van der Waals surface area contributed by atoms with Crippen LogP contribution in [0.25, 0.3) is 11.3 Å². The number of ether oxygens (including phenoxy) is 1. The Kier molecular flexibility index (Phi) is 2.36. The molecule has 2 nitrogen and oxygen atoms in total. The van der Waals surface area contributed by atoms with Crippen LogP contribution in [-0.4, -0.2) is 6.10 Å². The monoisotopic (exact) mass is 226 g/mol. The molecule has 2 heterocycles. The molecule has 1 aliphatic rings. The standard InChI is InChI=1S/C15H16NO/c1-11-12(2)17-15-9-4-3-7-13(15)14-8-5-6-10-16(11)14/h3-12H,1-2H3/q+1. The van der Waals surface area contributed by atoms with Gasteiger partial charge in [-0.05, 0) is 25.1 Å². The Morgan fingerprint density at radius 2 is 1.76 bits per heavy atom. The summed E-state index contributed by atoms with van der Waals surface area (Å²) in [6.07, 6.45) is 2.30. The molecule has 0 bridgehead atoms. The van der Waals surface area contributed by atoms with Crippen LogP contribution in [0.3, 0.4) is 0 Å². The maximum absolute atomic E-state index is 6.03. The molecule has 0 amide bonds. The molecule has 3 rings (SSSR count). The largest absolute Gasteiger partial charge is 0.483 e. The first kappa shape index (κ1) is 10.3. The zero-order chi connectivity index (χ0) is 11.8. The van der Waals surface area contributed by atoms with E-state index in [2.05, 4.69) is 54.9 Å². The first-order chi connectivity index (χ1) is 8.27. The van der Waals surface area contributed by atoms with Crippen LogP contribution in [0.4, 0.5) is 0 Å². The van der Waals surface area contributed by atoms with Gasteiger partial charge in [0.1, 0.15) is 5.75 Å². The summed E-state index contributed by atoms with van der Waals surface area (Å²) in [5.74, 6) is 0.976. The lowest BCUT2D eigenvalue weighted by Crippen LogP contribution is -2.44. The molecule has 1 aromatic heterocycles. The third-order valence-corrected chi connectivity index (χ3v) is 3.48. The van der Waals surface area contributed by atoms with Crippen molar-refractivity contribution < 1.29 is 9.30 Å². The molecule has 0 N–H and O–H groups in total. The fraction of sp³-hybridized carbons (Fsp3) is 0.267. The normalized spacial score (nSPS) is 22.0. The second-order valence-electron chi connectivity index (χ2n) is 4.55. The second kappa shape index (κ2) is 3.88. The van der Waals surface area contributed by atoms with Crippen LogP contribution in [0.15, 0.2) is 48.7 Å². The van der Waals surface area contributed by atoms with Crippen molar-refractivity contribution in [1.29, 1.82) is 0 Å². The quantitative estimate of drug-likeness (QED) is 0.629. The van der Waals surface area contributed by atoms with E-state index in [0.717, 1.165) is 5.75 Å². The molecule has 2 aromatic rings. The number of fused-ring (bicyclic) bond motifs is 3. The van der Waals surface area contributed by atoms with E-state index in [-0.39, 0.29) is 6.10 Å². The number of para-hydroxylation sites is 1. The average molecular weight is 226 g/mol. The van der Waals surface area contributed by atoms with E-state index in [1.807, 2.05) is 12.1 Å². The van der Waals surface area contributed by atoms with Crippen molar-refractivity contribution in [1.82, 2.24) is 0 Å². The Labute approximate surface area is 101 Å². The maximum Gasteiger partial charge on any atom is 0.216 e. The van der Waals surface area contributed by atoms with E-state index >= 15 is 0 Å². The fourth-order valence-electron chi connectivity index (χ4n) is 2.35. The van der Waals surface area contributed by atoms with Crippen molar-refractivity contribution in [3.63, 3.8) is 0 Å². The summed E-state index contributed by atoms with van der Waals surface area (Å²) in [6.45, 7) is 4.32. The second-order valence-corrected chi connectivity index (χ2v) is 4.55. The number of nitrogens with zero attached hydrogens (tertiary/aromatic N) is 1. The van der Waals surface area contributed by atoms with Gasteiger partial charge in [0, 0.05) is 19.1 Å². The molecule has 1 aliphatic heterocycles. The van der Waals surface area contributed by atoms with Crippen molar-refractivity contribution in [2.24, 2.45) is 0 Å². The van der Waals surface area contributed by atoms with Gasteiger partial charge in [-0.25, -0.2) is 0 Å². The van der Waals surface area contributed by atoms with Crippen LogP contribution in [0.1, 0.15) is 19.9 Å². The molecular weight excluding hydrogens is 210 g/mol. The van der Waals surface area contributed by atoms with E-state index < -0.39 is 0 Å². The molecule has 0 fully saturated rings. The highest BCUT2D eigenvalue weighted by Crippen LogP contribution is 2.32. The van der Waals surface area contributed by atoms with E-state index in [1.165, 1.54) is 11.3 Å². The molecule has 2 atom stereocenters. The minimum absolute atomic E-state index is 0.171. The van der Waals surface area contributed by atoms with Crippen molar-refractivity contribution in [2.45, 2.75) is 26.0 Å². The number of hydrogen-bond acceptors (Lipinski definition) is 1. The zero-order valence-electron chi connectivity index (χ0n) is 10.1. The Morgan fingerprint density at radius 3 is 2.65 bits per heavy atom. The van der Waals surface area contributed by atoms with Crippen LogP contribution in [0.5, 0.6) is 5.75 Å². The summed E-state index contributed by atoms with van der Waals surface area (Å²) in [5.41, 5.74) is 2.39. The van der Waals surface area contributed by atoms with Gasteiger partial charge >= 0.3 is 0 Å². The molecule has 0 saturated heterocycles. The van der Waals surface area contributed by atoms with Gasteiger partial charge in [0.15, 0.2) is 18.3 Å². The van der Waals surface area contributed by atoms with Crippen molar-refractivity contribution in [3.8, 4) is 17.0 Å². The highest BCUT2D eigenvalue weighted by atomic mass is 16.5. The van der Waals surface area contributed by atoms with Crippen molar-refractivity contribution in [3.05, 3.63) is 48.7 Å². The molecule has 0 aliphatic carbocycles. The van der Waals surface area contributed by atoms with E-state index in [0.29, 0.717) is 6.04 Å². The Balaban J connectivity index is 2.29. The first-order valence-corrected chi connectivity index (χ1v) is 6.03. The van der Waals surface area contributed by atoms with E-state index in [4.69, 9.17) is 4.74 Å². The lowest BCUT2D eigenvalue weighted by molar-refractivity contribution is -0.714. The average Bonchev–Trinajstić information content (AvgIpc) is 2.48. The van der Waals surface area contributed by atoms with Gasteiger partial charge in [-0.1, -0.05) is 12.1 Å². The lowest BCUT2D eigenvalue weighted by Gasteiger charge is -2.14. The first-order valence-electron chi connectivity index (χ1n) is 6.03. The molecule has 2 unspecified atom stereocenters. The summed E-state index contributed by atoms with van der Waals surface area (Å²) in [5, 5.41) is 0. The summed E-state index contributed by atoms with van der Waals surface area (Å²) in [4.78, 5) is 0. The summed E-state index contributed by atoms with van der Waals surface area (Å²) in [7, 11) is 0. The van der Waals surface area contributed by atoms with Gasteiger partial charge in [0.2, 0.25) is 5.69 Å². The predicted octanol–water partition coefficient (Wildman–Crippen LogP) is 2.98. The molecular formula is C15H16NO+. The minimum Gasteiger partial charge on any atom is -0.483 e. The van der Waals surface area contributed by atoms with Gasteiger partial charge in [-0.15, -0.1) is 0 Å². The predicted molar refractivity (Wildman–Crippen MR) is 66.9 cm³/mol. The van der Waals surface area contributed by atoms with Crippen LogP contribution in [0.2, 0.25) is 0 Å². The zero-order valence-corrected chi connectivity index (χ0v) is 10.1. The third-order valence-electron chi connectivity index (χ3n) is 3.48. The molecule has 17 heavy (non-hydrogen) atoms. The van der Waals surface area contributed by atoms with Gasteiger partial charge in [-0.2, -0.15) is 4.57 Å². The lowest BCUT2D eigenvalue weighted by atomic mass is 10.1. The van der Waals surface area contributed by atoms with Gasteiger partial charge in [0.25, 0.3) is 0 Å². The Hall–Kier alpha value is -1.83. The summed E-state index contributed by atoms with van der Waals surface area (Å²) in [6, 6.07) is 14.9. The minimum atomic E-state index is 0.171. The highest BCUT2D eigenvalue weighted by Gasteiger charge is 2.31. The molecule has 0 radical (unpaired) electrons. The molecule has 0 saturated carbocycles. The summed E-state index contributed by atoms with van der Waals surface area (Å²) >= 11 is 0. The number of aromatic nitrogens is 1. The topological polar surface area (TPSA) is 13.1 Å². The Bertz CT molecular complexity index is 550. The highest BCUT2D eigenvalue weighted by molar-refractivity contribution is 5.65. The van der Waals surface area contributed by atoms with Crippen LogP contribution < -0.4 is 9.30 Å². The maximum atomic E-state index is 6.03. The number of pyridine rings is 1. The number of rotatable bonds is 0. The third kappa shape index (κ3) is 1.60. The van der Waals surface area contributed by atoms with E-state index in [9.17, 15) is 0 Å². The smallest absolute Gasteiger partial charge is 0.216 e. The number of benzene rings is 1.